The molecule has 8 rings (SSSR count). The Morgan fingerprint density at radius 3 is 2.30 bits per heavy atom. The van der Waals surface area contributed by atoms with Gasteiger partial charge in [0.25, 0.3) is 11.8 Å². The van der Waals surface area contributed by atoms with Crippen molar-refractivity contribution >= 4 is 50.7 Å². The van der Waals surface area contributed by atoms with Crippen molar-refractivity contribution in [1.82, 2.24) is 35.0 Å². The summed E-state index contributed by atoms with van der Waals surface area (Å²) in [6.45, 7) is 8.95. The van der Waals surface area contributed by atoms with Crippen molar-refractivity contribution in [2.45, 2.75) is 81.0 Å². The van der Waals surface area contributed by atoms with E-state index in [1.54, 1.807) is 57.4 Å². The van der Waals surface area contributed by atoms with Gasteiger partial charge >= 0.3 is 0 Å². The zero-order valence-corrected chi connectivity index (χ0v) is 38.9. The number of imide groups is 2. The van der Waals surface area contributed by atoms with Crippen LogP contribution in [-0.4, -0.2) is 151 Å². The fourth-order valence-electron chi connectivity index (χ4n) is 9.30. The van der Waals surface area contributed by atoms with Crippen LogP contribution in [0.2, 0.25) is 0 Å². The van der Waals surface area contributed by atoms with Crippen LogP contribution in [0.15, 0.2) is 71.9 Å². The minimum Gasteiger partial charge on any atom is -0.496 e. The van der Waals surface area contributed by atoms with Crippen LogP contribution in [0.4, 0.5) is 11.4 Å². The highest BCUT2D eigenvalue weighted by Gasteiger charge is 2.45. The number of carbonyl (C=O) groups excluding carboxylic acids is 5. The maximum atomic E-state index is 13.3. The molecule has 1 unspecified atom stereocenters. The zero-order valence-electron chi connectivity index (χ0n) is 38.1. The monoisotopic (exact) mass is 935 g/mol. The first kappa shape index (κ1) is 47.2. The van der Waals surface area contributed by atoms with E-state index in [2.05, 4.69) is 48.6 Å². The zero-order chi connectivity index (χ0) is 47.2. The summed E-state index contributed by atoms with van der Waals surface area (Å²) in [5.41, 5.74) is 3.51. The van der Waals surface area contributed by atoms with Gasteiger partial charge in [-0.3, -0.25) is 39.1 Å². The second kappa shape index (κ2) is 20.7. The summed E-state index contributed by atoms with van der Waals surface area (Å²) < 4.78 is 37.6. The number of methoxy groups -OCH3 is 1. The highest BCUT2D eigenvalue weighted by molar-refractivity contribution is 7.92. The van der Waals surface area contributed by atoms with Gasteiger partial charge in [-0.25, -0.2) is 23.4 Å². The molecule has 67 heavy (non-hydrogen) atoms. The van der Waals surface area contributed by atoms with Crippen molar-refractivity contribution in [3.05, 3.63) is 101 Å². The minimum absolute atomic E-state index is 0.0495. The van der Waals surface area contributed by atoms with Gasteiger partial charge in [-0.15, -0.1) is 0 Å². The van der Waals surface area contributed by atoms with E-state index >= 15 is 0 Å². The molecule has 3 aromatic carbocycles. The molecule has 3 saturated heterocycles. The summed E-state index contributed by atoms with van der Waals surface area (Å²) in [4.78, 5) is 85.1. The van der Waals surface area contributed by atoms with Crippen molar-refractivity contribution < 1.29 is 41.9 Å². The molecule has 4 aliphatic heterocycles. The number of anilines is 2. The summed E-state index contributed by atoms with van der Waals surface area (Å²) >= 11 is 0. The lowest BCUT2D eigenvalue weighted by molar-refractivity contribution is -0.136. The lowest BCUT2D eigenvalue weighted by Gasteiger charge is -2.43. The fraction of sp³-hybridized carbons (Fsp3) is 0.458. The van der Waals surface area contributed by atoms with Crippen LogP contribution >= 0.6 is 0 Å². The largest absolute Gasteiger partial charge is 0.496 e. The predicted molar refractivity (Wildman–Crippen MR) is 248 cm³/mol. The topological polar surface area (TPSA) is 214 Å². The lowest BCUT2D eigenvalue weighted by Crippen LogP contribution is -2.54. The molecule has 2 N–H and O–H groups in total. The van der Waals surface area contributed by atoms with Crippen molar-refractivity contribution in [3.8, 4) is 5.75 Å². The third-order valence-corrected chi connectivity index (χ3v) is 15.3. The van der Waals surface area contributed by atoms with Crippen LogP contribution in [0.1, 0.15) is 89.4 Å². The summed E-state index contributed by atoms with van der Waals surface area (Å²) in [7, 11) is -1.82. The molecule has 19 heteroatoms. The van der Waals surface area contributed by atoms with Crippen LogP contribution in [-0.2, 0) is 41.8 Å². The van der Waals surface area contributed by atoms with E-state index < -0.39 is 44.8 Å². The van der Waals surface area contributed by atoms with Gasteiger partial charge in [-0.2, -0.15) is 0 Å². The van der Waals surface area contributed by atoms with Gasteiger partial charge in [0.05, 0.1) is 48.0 Å². The predicted octanol–water partition coefficient (Wildman–Crippen LogP) is 3.28. The Morgan fingerprint density at radius 1 is 0.851 bits per heavy atom. The first-order valence-corrected chi connectivity index (χ1v) is 24.5. The number of hydrogen-bond donors (Lipinski definition) is 2. The van der Waals surface area contributed by atoms with Crippen LogP contribution in [0.25, 0.3) is 0 Å². The number of hydrogen-bond acceptors (Lipinski definition) is 15. The number of nitrogens with zero attached hydrogens (tertiary/aromatic N) is 7. The highest BCUT2D eigenvalue weighted by Crippen LogP contribution is 2.33. The van der Waals surface area contributed by atoms with E-state index in [0.717, 1.165) is 60.9 Å². The number of rotatable bonds is 17. The summed E-state index contributed by atoms with van der Waals surface area (Å²) in [6, 6.07) is 17.5. The van der Waals surface area contributed by atoms with E-state index in [1.807, 2.05) is 11.0 Å². The lowest BCUT2D eigenvalue weighted by atomic mass is 10.0. The number of carbonyl (C=O) groups is 5. The number of aromatic nitrogens is 3. The van der Waals surface area contributed by atoms with E-state index in [9.17, 15) is 32.4 Å². The molecule has 5 amide bonds. The molecule has 0 aliphatic carbocycles. The van der Waals surface area contributed by atoms with Crippen LogP contribution in [0.5, 0.6) is 5.75 Å². The summed E-state index contributed by atoms with van der Waals surface area (Å²) in [5, 5.41) is 4.82. The quantitative estimate of drug-likeness (QED) is 0.115. The Hall–Kier alpha value is -6.31. The molecule has 0 bridgehead atoms. The molecule has 1 atom stereocenters. The van der Waals surface area contributed by atoms with Crippen LogP contribution in [0, 0.1) is 0 Å². The molecule has 4 aromatic rings. The van der Waals surface area contributed by atoms with Crippen molar-refractivity contribution in [2.75, 3.05) is 76.4 Å². The Balaban J connectivity index is 0.748. The van der Waals surface area contributed by atoms with Gasteiger partial charge in [0.2, 0.25) is 17.7 Å². The smallest absolute Gasteiger partial charge is 0.264 e. The van der Waals surface area contributed by atoms with E-state index in [0.29, 0.717) is 59.9 Å². The van der Waals surface area contributed by atoms with Gasteiger partial charge in [0.1, 0.15) is 29.8 Å². The molecule has 354 valence electrons. The second-order valence-corrected chi connectivity index (χ2v) is 19.9. The van der Waals surface area contributed by atoms with Gasteiger partial charge in [-0.05, 0) is 62.9 Å². The van der Waals surface area contributed by atoms with Crippen molar-refractivity contribution in [2.24, 2.45) is 0 Å². The van der Waals surface area contributed by atoms with Crippen LogP contribution < -0.4 is 20.3 Å². The third-order valence-electron chi connectivity index (χ3n) is 13.0. The number of amides is 5. The SMILES string of the molecule is COc1cc(N2CCC(N3CCN(C(=O)CCOCCNc4cccc5c4C(=O)N(C4CCC(=O)NC4=O)C5=O)CC3)CC2)ccc1Cc1ncnc(Cc2ccccc2S(=O)(=O)C(C)C)n1. The average Bonchev–Trinajstić information content (AvgIpc) is 3.59. The molecular weight excluding hydrogens is 879 g/mol. The third kappa shape index (κ3) is 10.5. The van der Waals surface area contributed by atoms with Crippen LogP contribution in [0.3, 0.4) is 0 Å². The number of benzene rings is 3. The van der Waals surface area contributed by atoms with E-state index in [4.69, 9.17) is 14.5 Å². The van der Waals surface area contributed by atoms with Gasteiger partial charge in [-0.1, -0.05) is 30.3 Å². The molecule has 18 nitrogen and oxygen atoms in total. The molecule has 0 spiro atoms. The maximum Gasteiger partial charge on any atom is 0.264 e. The Morgan fingerprint density at radius 2 is 1.58 bits per heavy atom. The minimum atomic E-state index is -3.47. The second-order valence-electron chi connectivity index (χ2n) is 17.5. The number of sulfone groups is 1. The molecule has 0 radical (unpaired) electrons. The van der Waals surface area contributed by atoms with E-state index in [1.165, 1.54) is 6.33 Å². The summed E-state index contributed by atoms with van der Waals surface area (Å²) in [6.07, 6.45) is 4.56. The molecular formula is C48H57N9O9S. The molecule has 5 heterocycles. The highest BCUT2D eigenvalue weighted by atomic mass is 32.2. The normalized spacial score (nSPS) is 18.4. The first-order valence-electron chi connectivity index (χ1n) is 22.9. The fourth-order valence-corrected chi connectivity index (χ4v) is 10.6. The van der Waals surface area contributed by atoms with Crippen molar-refractivity contribution in [1.29, 1.82) is 0 Å². The Bertz CT molecular complexity index is 2630. The van der Waals surface area contributed by atoms with E-state index in [-0.39, 0.29) is 55.9 Å². The molecule has 3 fully saturated rings. The first-order chi connectivity index (χ1) is 32.3. The van der Waals surface area contributed by atoms with Gasteiger partial charge in [0, 0.05) is 94.1 Å². The number of nitrogens with one attached hydrogen (secondary N) is 2. The molecule has 1 aromatic heterocycles. The van der Waals surface area contributed by atoms with Gasteiger partial charge < -0.3 is 24.6 Å². The maximum absolute atomic E-state index is 13.3. The number of ether oxygens (including phenoxy) is 2. The van der Waals surface area contributed by atoms with Gasteiger partial charge in [0.15, 0.2) is 9.84 Å². The standard InChI is InChI=1S/C48H57N9O9S/c1-31(2)67(63,64)40-10-5-4-7-33(40)28-42-51-30-50-41(52-42)27-32-11-12-35(29-39(32)65-3)54-19-15-34(16-20-54)55-21-23-56(24-22-55)44(59)17-25-66-26-18-49-37-9-6-8-36-45(37)48(62)57(47(36)61)38-13-14-43(58)53-46(38)60/h4-12,29-31,34,38,49H,13-28H2,1-3H3,(H,53,58,60). The number of piperidine rings is 2. The van der Waals surface area contributed by atoms with Crippen molar-refractivity contribution in [3.63, 3.8) is 0 Å². The molecule has 0 saturated carbocycles. The Kier molecular flexibility index (Phi) is 14.6. The number of piperazine rings is 1. The summed E-state index contributed by atoms with van der Waals surface area (Å²) in [5.74, 6) is -0.372. The number of fused-ring (bicyclic) bond motifs is 1. The Labute approximate surface area is 390 Å². The average molecular weight is 936 g/mol. The molecule has 4 aliphatic rings.